The van der Waals surface area contributed by atoms with Crippen LogP contribution in [-0.2, 0) is 15.4 Å². The van der Waals surface area contributed by atoms with Crippen LogP contribution in [0.25, 0.3) is 0 Å². The molecule has 0 saturated carbocycles. The van der Waals surface area contributed by atoms with E-state index in [-0.39, 0.29) is 0 Å². The maximum atomic E-state index is 3.13. The molecule has 0 amide bonds. The normalized spacial score (nSPS) is 8.14. The summed E-state index contributed by atoms with van der Waals surface area (Å²) >= 11 is 3.13. The molecule has 7 heavy (non-hydrogen) atoms. The van der Waals surface area contributed by atoms with E-state index < -0.39 is 0 Å². The topological polar surface area (TPSA) is 0 Å². The second-order valence-electron chi connectivity index (χ2n) is 1.59. The Kier molecular flexibility index (Phi) is 6.57. The van der Waals surface area contributed by atoms with Crippen molar-refractivity contribution in [2.75, 3.05) is 0 Å². The van der Waals surface area contributed by atoms with Crippen LogP contribution in [0.15, 0.2) is 0 Å². The molecular weight excluding hydrogens is 127 g/mol. The van der Waals surface area contributed by atoms with Crippen LogP contribution in [-0.4, -0.2) is 0 Å². The van der Waals surface area contributed by atoms with Crippen molar-refractivity contribution in [3.8, 4) is 4.73 Å². The molecule has 0 aromatic carbocycles. The van der Waals surface area contributed by atoms with E-state index in [4.69, 9.17) is 0 Å². The Bertz CT molecular complexity index is 61.1. The molecule has 0 aliphatic heterocycles. The molecule has 0 spiro atoms. The molecule has 0 aromatic rings. The monoisotopic (exact) mass is 138 g/mol. The van der Waals surface area contributed by atoms with Crippen LogP contribution < -0.4 is 0 Å². The van der Waals surface area contributed by atoms with Gasteiger partial charge < -0.3 is 0 Å². The van der Waals surface area contributed by atoms with E-state index in [1.165, 1.54) is 19.3 Å². The summed E-state index contributed by atoms with van der Waals surface area (Å²) in [6, 6.07) is 0. The Morgan fingerprint density at radius 2 is 2.14 bits per heavy atom. The summed E-state index contributed by atoms with van der Waals surface area (Å²) in [7, 11) is 0. The number of hydrogen-bond donors (Lipinski definition) is 0. The van der Waals surface area contributed by atoms with Gasteiger partial charge in [-0.05, 0) is 0 Å². The third-order valence-corrected chi connectivity index (χ3v) is 1.17. The molecule has 42 valence electrons. The van der Waals surface area contributed by atoms with Crippen LogP contribution in [0, 0.1) is 4.73 Å². The number of rotatable bonds is 3. The van der Waals surface area contributed by atoms with Crippen LogP contribution in [0.2, 0.25) is 0 Å². The molecule has 0 fully saturated rings. The molecule has 0 bridgehead atoms. The quantitative estimate of drug-likeness (QED) is 0.413. The maximum absolute atomic E-state index is 3.13. The fourth-order valence-corrected chi connectivity index (χ4v) is 0.650. The van der Waals surface area contributed by atoms with Gasteiger partial charge in [0.15, 0.2) is 0 Å². The standard InChI is InChI=1S/C6H11.Mn/c1-3-5-6-4-2;/h3-6H2,1H3;. The summed E-state index contributed by atoms with van der Waals surface area (Å²) in [4.78, 5) is 0. The van der Waals surface area contributed by atoms with E-state index in [2.05, 4.69) is 27.0 Å². The van der Waals surface area contributed by atoms with Crippen molar-refractivity contribution in [2.45, 2.75) is 32.6 Å². The molecule has 0 unspecified atom stereocenters. The van der Waals surface area contributed by atoms with Crippen molar-refractivity contribution in [3.05, 3.63) is 0 Å². The first-order valence-corrected chi connectivity index (χ1v) is 3.34. The second-order valence-corrected chi connectivity index (χ2v) is 2.01. The number of hydrogen-bond acceptors (Lipinski definition) is 0. The summed E-state index contributed by atoms with van der Waals surface area (Å²) in [5, 5.41) is 0. The average Bonchev–Trinajstić information content (AvgIpc) is 1.69. The van der Waals surface area contributed by atoms with Crippen LogP contribution in [0.5, 0.6) is 0 Å². The van der Waals surface area contributed by atoms with Crippen molar-refractivity contribution >= 4 is 0 Å². The average molecular weight is 138 g/mol. The molecule has 0 radical (unpaired) electrons. The molecule has 0 heterocycles. The zero-order valence-electron chi connectivity index (χ0n) is 4.71. The zero-order chi connectivity index (χ0) is 5.54. The van der Waals surface area contributed by atoms with Crippen LogP contribution in [0.1, 0.15) is 32.6 Å². The molecule has 0 aromatic heterocycles. The molecule has 0 rings (SSSR count). The van der Waals surface area contributed by atoms with E-state index in [0.717, 1.165) is 6.42 Å². The van der Waals surface area contributed by atoms with Crippen LogP contribution in [0.3, 0.4) is 0 Å². The first-order valence-electron chi connectivity index (χ1n) is 2.75. The van der Waals surface area contributed by atoms with Crippen LogP contribution >= 0.6 is 0 Å². The third kappa shape index (κ3) is 6.30. The molecule has 0 N–H and O–H groups in total. The van der Waals surface area contributed by atoms with Gasteiger partial charge >= 0.3 is 52.7 Å². The number of unbranched alkanes of at least 4 members (excludes halogenated alkanes) is 3. The molecular formula is C6H11Mn. The van der Waals surface area contributed by atoms with Crippen molar-refractivity contribution in [1.82, 2.24) is 0 Å². The second kappa shape index (κ2) is 6.30. The fraction of sp³-hybridized carbons (Fsp3) is 0.833. The van der Waals surface area contributed by atoms with Gasteiger partial charge in [-0.3, -0.25) is 0 Å². The van der Waals surface area contributed by atoms with Crippen molar-refractivity contribution < 1.29 is 15.4 Å². The SMILES string of the molecule is CCCCC[C]#[Mn]. The fourth-order valence-electron chi connectivity index (χ4n) is 0.442. The van der Waals surface area contributed by atoms with Gasteiger partial charge in [0.25, 0.3) is 0 Å². The Morgan fingerprint density at radius 3 is 2.57 bits per heavy atom. The van der Waals surface area contributed by atoms with E-state index >= 15 is 0 Å². The van der Waals surface area contributed by atoms with Gasteiger partial charge in [-0.1, -0.05) is 0 Å². The van der Waals surface area contributed by atoms with Gasteiger partial charge in [-0.25, -0.2) is 0 Å². The van der Waals surface area contributed by atoms with Crippen molar-refractivity contribution in [2.24, 2.45) is 0 Å². The van der Waals surface area contributed by atoms with Gasteiger partial charge in [0.1, 0.15) is 0 Å². The summed E-state index contributed by atoms with van der Waals surface area (Å²) in [5.74, 6) is 0. The molecule has 0 atom stereocenters. The summed E-state index contributed by atoms with van der Waals surface area (Å²) < 4.78 is 2.92. The molecule has 0 aliphatic rings. The Balaban J connectivity index is 2.60. The van der Waals surface area contributed by atoms with Crippen molar-refractivity contribution in [1.29, 1.82) is 0 Å². The Hall–Kier alpha value is 0.299. The molecule has 0 nitrogen and oxygen atoms in total. The van der Waals surface area contributed by atoms with Gasteiger partial charge in [-0.2, -0.15) is 0 Å². The molecule has 0 saturated heterocycles. The third-order valence-electron chi connectivity index (χ3n) is 0.875. The Morgan fingerprint density at radius 1 is 1.43 bits per heavy atom. The molecule has 1 heteroatoms. The predicted molar refractivity (Wildman–Crippen MR) is 28.0 cm³/mol. The first kappa shape index (κ1) is 7.30. The summed E-state index contributed by atoms with van der Waals surface area (Å²) in [6.45, 7) is 2.20. The van der Waals surface area contributed by atoms with Gasteiger partial charge in [0.2, 0.25) is 0 Å². The minimum absolute atomic E-state index is 1.09. The van der Waals surface area contributed by atoms with Gasteiger partial charge in [0, 0.05) is 0 Å². The predicted octanol–water partition coefficient (Wildman–Crippen LogP) is 2.07. The minimum atomic E-state index is 1.09. The van der Waals surface area contributed by atoms with Crippen LogP contribution in [0.4, 0.5) is 0 Å². The van der Waals surface area contributed by atoms with E-state index in [1.807, 2.05) is 0 Å². The summed E-state index contributed by atoms with van der Waals surface area (Å²) in [6.07, 6.45) is 5.00. The van der Waals surface area contributed by atoms with E-state index in [9.17, 15) is 0 Å². The van der Waals surface area contributed by atoms with E-state index in [1.54, 1.807) is 0 Å². The van der Waals surface area contributed by atoms with Crippen molar-refractivity contribution in [3.63, 3.8) is 0 Å². The molecule has 0 aliphatic carbocycles. The van der Waals surface area contributed by atoms with E-state index in [0.29, 0.717) is 0 Å². The first-order chi connectivity index (χ1) is 3.41. The van der Waals surface area contributed by atoms with Gasteiger partial charge in [-0.15, -0.1) is 0 Å². The van der Waals surface area contributed by atoms with Gasteiger partial charge in [0.05, 0.1) is 0 Å². The summed E-state index contributed by atoms with van der Waals surface area (Å²) in [5.41, 5.74) is 0. The Labute approximate surface area is 53.3 Å². The zero-order valence-corrected chi connectivity index (χ0v) is 5.89.